The molecule has 0 saturated heterocycles. The van der Waals surface area contributed by atoms with Crippen molar-refractivity contribution in [3.63, 3.8) is 0 Å². The standard InChI is InChI=1S/C21H18N2S.C2H6/c1-3-7-15(8-4-1)19-22-17-11-12-18(23-20(17)24-19)21(13-14-21)16-9-5-2-6-10-16;1-2/h1-12,19,22H,13-14H2;1-2H3. The van der Waals surface area contributed by atoms with Crippen LogP contribution in [-0.2, 0) is 5.41 Å². The molecule has 5 rings (SSSR count). The number of nitrogens with zero attached hydrogens (tertiary/aromatic N) is 1. The number of hydrogen-bond acceptors (Lipinski definition) is 3. The van der Waals surface area contributed by atoms with Crippen LogP contribution in [0.2, 0.25) is 0 Å². The lowest BCUT2D eigenvalue weighted by Gasteiger charge is -2.15. The summed E-state index contributed by atoms with van der Waals surface area (Å²) in [4.78, 5) is 5.04. The molecule has 1 unspecified atom stereocenters. The maximum atomic E-state index is 5.04. The van der Waals surface area contributed by atoms with Crippen LogP contribution in [-0.4, -0.2) is 4.98 Å². The van der Waals surface area contributed by atoms with Crippen molar-refractivity contribution < 1.29 is 0 Å². The molecule has 1 N–H and O–H groups in total. The summed E-state index contributed by atoms with van der Waals surface area (Å²) < 4.78 is 0. The summed E-state index contributed by atoms with van der Waals surface area (Å²) >= 11 is 1.82. The molecular weight excluding hydrogens is 336 g/mol. The second kappa shape index (κ2) is 7.16. The van der Waals surface area contributed by atoms with Crippen molar-refractivity contribution >= 4 is 17.4 Å². The van der Waals surface area contributed by atoms with Crippen molar-refractivity contribution in [2.75, 3.05) is 5.32 Å². The van der Waals surface area contributed by atoms with Gasteiger partial charge in [0.2, 0.25) is 0 Å². The van der Waals surface area contributed by atoms with E-state index in [1.54, 1.807) is 0 Å². The molecule has 0 amide bonds. The number of nitrogens with one attached hydrogen (secondary N) is 1. The third-order valence-electron chi connectivity index (χ3n) is 5.05. The fraction of sp³-hybridized carbons (Fsp3) is 0.261. The molecule has 1 atom stereocenters. The first-order chi connectivity index (χ1) is 12.9. The van der Waals surface area contributed by atoms with E-state index >= 15 is 0 Å². The highest BCUT2D eigenvalue weighted by atomic mass is 32.2. The summed E-state index contributed by atoms with van der Waals surface area (Å²) in [5.74, 6) is 0. The van der Waals surface area contributed by atoms with Gasteiger partial charge in [0, 0.05) is 5.41 Å². The van der Waals surface area contributed by atoms with E-state index in [1.807, 2.05) is 25.6 Å². The van der Waals surface area contributed by atoms with Gasteiger partial charge in [0.25, 0.3) is 0 Å². The highest BCUT2D eigenvalue weighted by Crippen LogP contribution is 2.54. The van der Waals surface area contributed by atoms with Gasteiger partial charge in [-0.2, -0.15) is 0 Å². The maximum absolute atomic E-state index is 5.04. The van der Waals surface area contributed by atoms with Crippen LogP contribution in [0.1, 0.15) is 48.9 Å². The lowest BCUT2D eigenvalue weighted by atomic mass is 9.92. The summed E-state index contributed by atoms with van der Waals surface area (Å²) in [7, 11) is 0. The Bertz CT molecular complexity index is 873. The average molecular weight is 361 g/mol. The third-order valence-corrected chi connectivity index (χ3v) is 6.21. The van der Waals surface area contributed by atoms with Gasteiger partial charge in [-0.1, -0.05) is 86.3 Å². The van der Waals surface area contributed by atoms with Crippen LogP contribution in [0, 0.1) is 0 Å². The van der Waals surface area contributed by atoms with E-state index in [1.165, 1.54) is 29.7 Å². The minimum Gasteiger partial charge on any atom is -0.367 e. The minimum atomic E-state index is 0.141. The molecule has 0 radical (unpaired) electrons. The Labute approximate surface area is 160 Å². The molecule has 2 nitrogen and oxygen atoms in total. The fourth-order valence-electron chi connectivity index (χ4n) is 3.54. The summed E-state index contributed by atoms with van der Waals surface area (Å²) in [6.07, 6.45) is 2.39. The van der Waals surface area contributed by atoms with Crippen LogP contribution in [0.15, 0.2) is 77.8 Å². The van der Waals surface area contributed by atoms with Crippen molar-refractivity contribution in [3.8, 4) is 0 Å². The zero-order chi connectivity index (χ0) is 18.0. The molecule has 132 valence electrons. The van der Waals surface area contributed by atoms with Crippen molar-refractivity contribution in [1.82, 2.24) is 4.98 Å². The van der Waals surface area contributed by atoms with E-state index in [2.05, 4.69) is 78.1 Å². The lowest BCUT2D eigenvalue weighted by molar-refractivity contribution is 0.787. The molecule has 2 aliphatic rings. The van der Waals surface area contributed by atoms with E-state index in [4.69, 9.17) is 4.98 Å². The maximum Gasteiger partial charge on any atom is 0.122 e. The Hall–Kier alpha value is -2.26. The first-order valence-electron chi connectivity index (χ1n) is 9.40. The Morgan fingerprint density at radius 2 is 1.54 bits per heavy atom. The molecular formula is C23H24N2S. The van der Waals surface area contributed by atoms with E-state index in [-0.39, 0.29) is 10.8 Å². The topological polar surface area (TPSA) is 24.9 Å². The van der Waals surface area contributed by atoms with Gasteiger partial charge in [0.15, 0.2) is 0 Å². The van der Waals surface area contributed by atoms with Gasteiger partial charge in [0.1, 0.15) is 10.4 Å². The number of anilines is 1. The number of rotatable bonds is 3. The molecule has 26 heavy (non-hydrogen) atoms. The average Bonchev–Trinajstić information content (AvgIpc) is 3.43. The monoisotopic (exact) mass is 360 g/mol. The second-order valence-corrected chi connectivity index (χ2v) is 7.64. The summed E-state index contributed by atoms with van der Waals surface area (Å²) in [6.45, 7) is 4.00. The largest absolute Gasteiger partial charge is 0.367 e. The number of pyridine rings is 1. The lowest BCUT2D eigenvalue weighted by Crippen LogP contribution is -2.11. The third kappa shape index (κ3) is 3.01. The predicted octanol–water partition coefficient (Wildman–Crippen LogP) is 6.40. The normalized spacial score (nSPS) is 18.9. The highest BCUT2D eigenvalue weighted by molar-refractivity contribution is 8.00. The molecule has 2 aromatic carbocycles. The van der Waals surface area contributed by atoms with Gasteiger partial charge in [-0.05, 0) is 36.1 Å². The first-order valence-corrected chi connectivity index (χ1v) is 10.3. The molecule has 0 spiro atoms. The number of benzene rings is 2. The van der Waals surface area contributed by atoms with E-state index in [0.717, 1.165) is 10.7 Å². The molecule has 2 heterocycles. The summed E-state index contributed by atoms with van der Waals surface area (Å²) in [5.41, 5.74) is 5.21. The highest BCUT2D eigenvalue weighted by Gasteiger charge is 2.47. The molecule has 1 aliphatic carbocycles. The molecule has 3 heteroatoms. The van der Waals surface area contributed by atoms with Crippen LogP contribution >= 0.6 is 11.8 Å². The quantitative estimate of drug-likeness (QED) is 0.584. The molecule has 1 aromatic heterocycles. The van der Waals surface area contributed by atoms with E-state index < -0.39 is 0 Å². The zero-order valence-corrected chi connectivity index (χ0v) is 16.1. The van der Waals surface area contributed by atoms with Gasteiger partial charge in [-0.25, -0.2) is 4.98 Å². The fourth-order valence-corrected chi connectivity index (χ4v) is 4.65. The van der Waals surface area contributed by atoms with Crippen LogP contribution in [0.4, 0.5) is 5.69 Å². The summed E-state index contributed by atoms with van der Waals surface area (Å²) in [5, 5.41) is 4.98. The molecule has 1 saturated carbocycles. The van der Waals surface area contributed by atoms with Crippen LogP contribution in [0.5, 0.6) is 0 Å². The van der Waals surface area contributed by atoms with Crippen LogP contribution in [0.3, 0.4) is 0 Å². The molecule has 0 bridgehead atoms. The van der Waals surface area contributed by atoms with Gasteiger partial charge in [-0.3, -0.25) is 0 Å². The Balaban J connectivity index is 0.000000814. The molecule has 1 fully saturated rings. The SMILES string of the molecule is CC.c1ccc(C2Nc3ccc(C4(c5ccccc5)CC4)nc3S2)cc1. The minimum absolute atomic E-state index is 0.141. The van der Waals surface area contributed by atoms with Gasteiger partial charge >= 0.3 is 0 Å². The van der Waals surface area contributed by atoms with Crippen molar-refractivity contribution in [2.24, 2.45) is 0 Å². The number of thioether (sulfide) groups is 1. The van der Waals surface area contributed by atoms with E-state index in [0.29, 0.717) is 0 Å². The molecule has 1 aliphatic heterocycles. The zero-order valence-electron chi connectivity index (χ0n) is 15.3. The summed E-state index contributed by atoms with van der Waals surface area (Å²) in [6, 6.07) is 25.8. The Morgan fingerprint density at radius 3 is 2.19 bits per heavy atom. The number of fused-ring (bicyclic) bond motifs is 1. The van der Waals surface area contributed by atoms with Gasteiger partial charge < -0.3 is 5.32 Å². The van der Waals surface area contributed by atoms with Crippen molar-refractivity contribution in [2.45, 2.75) is 42.5 Å². The number of aromatic nitrogens is 1. The Kier molecular flexibility index (Phi) is 4.73. The molecule has 3 aromatic rings. The smallest absolute Gasteiger partial charge is 0.122 e. The number of hydrogen-bond donors (Lipinski definition) is 1. The van der Waals surface area contributed by atoms with Crippen LogP contribution < -0.4 is 5.32 Å². The van der Waals surface area contributed by atoms with E-state index in [9.17, 15) is 0 Å². The van der Waals surface area contributed by atoms with Gasteiger partial charge in [-0.15, -0.1) is 0 Å². The second-order valence-electron chi connectivity index (χ2n) is 6.55. The van der Waals surface area contributed by atoms with Crippen molar-refractivity contribution in [3.05, 3.63) is 89.6 Å². The van der Waals surface area contributed by atoms with Crippen molar-refractivity contribution in [1.29, 1.82) is 0 Å². The first kappa shape index (κ1) is 17.2. The van der Waals surface area contributed by atoms with Crippen LogP contribution in [0.25, 0.3) is 0 Å². The van der Waals surface area contributed by atoms with Gasteiger partial charge in [0.05, 0.1) is 11.4 Å². The predicted molar refractivity (Wildman–Crippen MR) is 111 cm³/mol. The Morgan fingerprint density at radius 1 is 0.885 bits per heavy atom.